The number of anilines is 1. The van der Waals surface area contributed by atoms with Crippen molar-refractivity contribution in [1.29, 1.82) is 0 Å². The van der Waals surface area contributed by atoms with Gasteiger partial charge in [0.25, 0.3) is 0 Å². The Labute approximate surface area is 184 Å². The molecule has 2 aliphatic heterocycles. The van der Waals surface area contributed by atoms with E-state index in [4.69, 9.17) is 0 Å². The summed E-state index contributed by atoms with van der Waals surface area (Å²) in [5.74, 6) is -0.314. The number of amides is 1. The third kappa shape index (κ3) is 3.31. The van der Waals surface area contributed by atoms with Gasteiger partial charge in [-0.1, -0.05) is 56.3 Å². The van der Waals surface area contributed by atoms with Crippen LogP contribution in [-0.2, 0) is 26.8 Å². The van der Waals surface area contributed by atoms with Gasteiger partial charge in [0, 0.05) is 23.7 Å². The van der Waals surface area contributed by atoms with Crippen molar-refractivity contribution < 1.29 is 26.4 Å². The lowest BCUT2D eigenvalue weighted by Crippen LogP contribution is -2.42. The number of hydrogen-bond donors (Lipinski definition) is 0. The number of benzene rings is 2. The molecule has 0 N–H and O–H groups in total. The SMILES string of the molecule is CC(C)c1cccc2c1C1(C=CN(S(=O)(=O)C(F)(F)F)C=C1)C(=O)N2Cc1ccccc1. The molecule has 2 heterocycles. The van der Waals surface area contributed by atoms with E-state index in [2.05, 4.69) is 0 Å². The first-order valence-corrected chi connectivity index (χ1v) is 11.4. The van der Waals surface area contributed by atoms with Gasteiger partial charge < -0.3 is 4.90 Å². The number of alkyl halides is 3. The highest BCUT2D eigenvalue weighted by atomic mass is 32.2. The van der Waals surface area contributed by atoms with Gasteiger partial charge >= 0.3 is 15.5 Å². The fourth-order valence-electron chi connectivity index (χ4n) is 4.15. The largest absolute Gasteiger partial charge is 0.517 e. The van der Waals surface area contributed by atoms with Gasteiger partial charge in [0.05, 0.1) is 6.54 Å². The van der Waals surface area contributed by atoms with E-state index in [0.717, 1.165) is 23.5 Å². The Kier molecular flexibility index (Phi) is 5.20. The van der Waals surface area contributed by atoms with E-state index >= 15 is 0 Å². The zero-order chi connectivity index (χ0) is 23.3. The molecule has 2 aliphatic rings. The molecule has 0 unspecified atom stereocenters. The Hall–Kier alpha value is -3.07. The highest BCUT2D eigenvalue weighted by Crippen LogP contribution is 2.49. The first-order valence-electron chi connectivity index (χ1n) is 9.97. The Bertz CT molecular complexity index is 1200. The van der Waals surface area contributed by atoms with Crippen molar-refractivity contribution >= 4 is 21.6 Å². The molecular weight excluding hydrogens is 441 g/mol. The van der Waals surface area contributed by atoms with Crippen molar-refractivity contribution in [3.05, 3.63) is 89.8 Å². The molecule has 4 rings (SSSR count). The first-order chi connectivity index (χ1) is 15.0. The van der Waals surface area contributed by atoms with Gasteiger partial charge in [-0.15, -0.1) is 0 Å². The second-order valence-electron chi connectivity index (χ2n) is 8.05. The van der Waals surface area contributed by atoms with Crippen molar-refractivity contribution in [3.8, 4) is 0 Å². The number of carbonyl (C=O) groups is 1. The Balaban J connectivity index is 1.83. The summed E-state index contributed by atoms with van der Waals surface area (Å²) < 4.78 is 62.8. The third-order valence-electron chi connectivity index (χ3n) is 5.72. The van der Waals surface area contributed by atoms with Gasteiger partial charge in [0.1, 0.15) is 5.41 Å². The maximum Gasteiger partial charge on any atom is 0.517 e. The van der Waals surface area contributed by atoms with Crippen molar-refractivity contribution in [2.75, 3.05) is 4.90 Å². The normalized spacial score (nSPS) is 17.5. The monoisotopic (exact) mass is 462 g/mol. The summed E-state index contributed by atoms with van der Waals surface area (Å²) in [4.78, 5) is 15.3. The van der Waals surface area contributed by atoms with E-state index in [1.807, 2.05) is 56.3 Å². The maximum atomic E-state index is 13.7. The second kappa shape index (κ2) is 7.51. The average molecular weight is 462 g/mol. The number of hydrogen-bond acceptors (Lipinski definition) is 3. The van der Waals surface area contributed by atoms with Crippen LogP contribution in [0.3, 0.4) is 0 Å². The number of rotatable bonds is 4. The van der Waals surface area contributed by atoms with Crippen LogP contribution in [0.5, 0.6) is 0 Å². The van der Waals surface area contributed by atoms with Crippen LogP contribution >= 0.6 is 0 Å². The van der Waals surface area contributed by atoms with Gasteiger partial charge in [-0.3, -0.25) is 4.79 Å². The second-order valence-corrected chi connectivity index (χ2v) is 9.89. The number of halogens is 3. The molecule has 0 radical (unpaired) electrons. The van der Waals surface area contributed by atoms with Gasteiger partial charge in [-0.2, -0.15) is 21.6 Å². The standard InChI is InChI=1S/C23H21F3N2O3S/c1-16(2)18-9-6-10-19-20(18)22(21(29)28(19)15-17-7-4-3-5-8-17)11-13-27(14-12-22)32(30,31)23(24,25)26/h3-14,16H,15H2,1-2H3. The zero-order valence-corrected chi connectivity index (χ0v) is 18.2. The minimum absolute atomic E-state index is 0.0324. The fourth-order valence-corrected chi connectivity index (χ4v) is 4.83. The predicted molar refractivity (Wildman–Crippen MR) is 115 cm³/mol. The lowest BCUT2D eigenvalue weighted by atomic mass is 9.76. The van der Waals surface area contributed by atoms with Crippen LogP contribution in [0.15, 0.2) is 73.1 Å². The van der Waals surface area contributed by atoms with Crippen molar-refractivity contribution in [2.45, 2.75) is 37.2 Å². The molecule has 0 aliphatic carbocycles. The van der Waals surface area contributed by atoms with Crippen LogP contribution in [0.25, 0.3) is 0 Å². The maximum absolute atomic E-state index is 13.7. The molecule has 9 heteroatoms. The summed E-state index contributed by atoms with van der Waals surface area (Å²) >= 11 is 0. The fraction of sp³-hybridized carbons (Fsp3) is 0.261. The molecule has 32 heavy (non-hydrogen) atoms. The van der Waals surface area contributed by atoms with Crippen LogP contribution in [-0.4, -0.2) is 24.1 Å². The quantitative estimate of drug-likeness (QED) is 0.657. The molecule has 0 fully saturated rings. The molecule has 1 spiro atoms. The molecule has 2 aromatic rings. The van der Waals surface area contributed by atoms with Gasteiger partial charge in [0.2, 0.25) is 5.91 Å². The Morgan fingerprint density at radius 3 is 2.16 bits per heavy atom. The zero-order valence-electron chi connectivity index (χ0n) is 17.4. The van der Waals surface area contributed by atoms with Gasteiger partial charge in [0.15, 0.2) is 0 Å². The lowest BCUT2D eigenvalue weighted by Gasteiger charge is -2.30. The van der Waals surface area contributed by atoms with Crippen molar-refractivity contribution in [1.82, 2.24) is 4.31 Å². The summed E-state index contributed by atoms with van der Waals surface area (Å²) in [5.41, 5.74) is -3.76. The smallest absolute Gasteiger partial charge is 0.306 e. The molecule has 1 amide bonds. The lowest BCUT2D eigenvalue weighted by molar-refractivity contribution is -0.120. The molecule has 0 saturated carbocycles. The summed E-state index contributed by atoms with van der Waals surface area (Å²) in [6, 6.07) is 14.9. The summed E-state index contributed by atoms with van der Waals surface area (Å²) in [7, 11) is -5.59. The minimum atomic E-state index is -5.59. The molecular formula is C23H21F3N2O3S. The molecule has 0 saturated heterocycles. The highest BCUT2D eigenvalue weighted by Gasteiger charge is 2.53. The summed E-state index contributed by atoms with van der Waals surface area (Å²) in [6.07, 6.45) is 4.11. The molecule has 5 nitrogen and oxygen atoms in total. The highest BCUT2D eigenvalue weighted by molar-refractivity contribution is 7.90. The van der Waals surface area contributed by atoms with Crippen LogP contribution < -0.4 is 4.90 Å². The van der Waals surface area contributed by atoms with E-state index < -0.39 is 20.9 Å². The Morgan fingerprint density at radius 2 is 1.59 bits per heavy atom. The summed E-state index contributed by atoms with van der Waals surface area (Å²) in [5, 5.41) is 0. The van der Waals surface area contributed by atoms with Crippen LogP contribution in [0.4, 0.5) is 18.9 Å². The molecule has 168 valence electrons. The molecule has 2 aromatic carbocycles. The molecule has 0 atom stereocenters. The summed E-state index contributed by atoms with van der Waals surface area (Å²) in [6.45, 7) is 4.21. The number of sulfonamides is 1. The minimum Gasteiger partial charge on any atom is -0.306 e. The number of nitrogens with zero attached hydrogens (tertiary/aromatic N) is 2. The average Bonchev–Trinajstić information content (AvgIpc) is 2.97. The first kappa shape index (κ1) is 22.1. The Morgan fingerprint density at radius 1 is 0.969 bits per heavy atom. The molecule has 0 aromatic heterocycles. The third-order valence-corrected chi connectivity index (χ3v) is 7.11. The van der Waals surface area contributed by atoms with Gasteiger partial charge in [-0.25, -0.2) is 4.31 Å². The van der Waals surface area contributed by atoms with E-state index in [-0.39, 0.29) is 22.7 Å². The topological polar surface area (TPSA) is 57.7 Å². The number of fused-ring (bicyclic) bond motifs is 2. The molecule has 0 bridgehead atoms. The van der Waals surface area contributed by atoms with E-state index in [9.17, 15) is 26.4 Å². The van der Waals surface area contributed by atoms with Crippen LogP contribution in [0.1, 0.15) is 36.5 Å². The van der Waals surface area contributed by atoms with Crippen molar-refractivity contribution in [3.63, 3.8) is 0 Å². The van der Waals surface area contributed by atoms with Crippen LogP contribution in [0.2, 0.25) is 0 Å². The van der Waals surface area contributed by atoms with E-state index in [1.54, 1.807) is 11.0 Å². The van der Waals surface area contributed by atoms with E-state index in [1.165, 1.54) is 12.2 Å². The van der Waals surface area contributed by atoms with Crippen LogP contribution in [0, 0.1) is 0 Å². The van der Waals surface area contributed by atoms with Gasteiger partial charge in [-0.05, 0) is 35.3 Å². The van der Waals surface area contributed by atoms with E-state index in [0.29, 0.717) is 11.3 Å². The predicted octanol–water partition coefficient (Wildman–Crippen LogP) is 4.79. The number of carbonyl (C=O) groups excluding carboxylic acids is 1. The van der Waals surface area contributed by atoms with Crippen molar-refractivity contribution in [2.24, 2.45) is 0 Å².